The first kappa shape index (κ1) is 14.4. The summed E-state index contributed by atoms with van der Waals surface area (Å²) in [6, 6.07) is 0. The molecule has 0 saturated carbocycles. The Balaban J connectivity index is 4.97. The van der Waals surface area contributed by atoms with E-state index >= 15 is 0 Å². The van der Waals surface area contributed by atoms with Crippen LogP contribution in [-0.4, -0.2) is 34.7 Å². The Morgan fingerprint density at radius 3 is 1.88 bits per heavy atom. The summed E-state index contributed by atoms with van der Waals surface area (Å²) in [6.07, 6.45) is -6.80. The van der Waals surface area contributed by atoms with Crippen LogP contribution in [0.15, 0.2) is 4.99 Å². The topological polar surface area (TPSA) is 76.0 Å². The van der Waals surface area contributed by atoms with E-state index in [1.807, 2.05) is 0 Å². The lowest BCUT2D eigenvalue weighted by atomic mass is 10.2. The molecule has 0 saturated heterocycles. The van der Waals surface area contributed by atoms with Crippen LogP contribution in [0.3, 0.4) is 0 Å². The summed E-state index contributed by atoms with van der Waals surface area (Å²) in [4.78, 5) is 23.4. The molecule has 0 spiro atoms. The number of hydrogen-bond donors (Lipinski definition) is 1. The number of rotatable bonds is 1. The van der Waals surface area contributed by atoms with Crippen LogP contribution in [0.1, 0.15) is 20.8 Å². The maximum atomic E-state index is 12.0. The second-order valence-corrected chi connectivity index (χ2v) is 3.74. The normalized spacial score (nSPS) is 13.5. The fourth-order valence-corrected chi connectivity index (χ4v) is 0.608. The van der Waals surface area contributed by atoms with E-state index in [-0.39, 0.29) is 0 Å². The first-order chi connectivity index (χ1) is 6.93. The summed E-state index contributed by atoms with van der Waals surface area (Å²) in [5.41, 5.74) is -3.25. The molecule has 0 unspecified atom stereocenters. The third-order valence-corrected chi connectivity index (χ3v) is 1.07. The van der Waals surface area contributed by atoms with E-state index in [2.05, 4.69) is 9.73 Å². The number of carbonyl (C=O) groups is 2. The van der Waals surface area contributed by atoms with Crippen LogP contribution >= 0.6 is 0 Å². The number of amides is 1. The Hall–Kier alpha value is -1.60. The van der Waals surface area contributed by atoms with Crippen molar-refractivity contribution < 1.29 is 32.6 Å². The summed E-state index contributed by atoms with van der Waals surface area (Å²) in [7, 11) is 0. The first-order valence-electron chi connectivity index (χ1n) is 4.05. The molecule has 0 heterocycles. The zero-order valence-electron chi connectivity index (χ0n) is 8.75. The molecule has 0 bridgehead atoms. The predicted octanol–water partition coefficient (Wildman–Crippen LogP) is 2.01. The molecule has 92 valence electrons. The molecular weight excluding hydrogens is 231 g/mol. The van der Waals surface area contributed by atoms with Gasteiger partial charge in [0.15, 0.2) is 0 Å². The minimum absolute atomic E-state index is 1.05. The van der Waals surface area contributed by atoms with E-state index in [1.165, 1.54) is 20.8 Å². The van der Waals surface area contributed by atoms with Gasteiger partial charge in [-0.05, 0) is 20.8 Å². The number of nitrogens with zero attached hydrogens (tertiary/aromatic N) is 1. The van der Waals surface area contributed by atoms with Crippen LogP contribution in [0, 0.1) is 0 Å². The Morgan fingerprint density at radius 2 is 1.62 bits per heavy atom. The third kappa shape index (κ3) is 5.32. The summed E-state index contributed by atoms with van der Waals surface area (Å²) >= 11 is 0. The molecule has 16 heavy (non-hydrogen) atoms. The summed E-state index contributed by atoms with van der Waals surface area (Å²) in [6.45, 7) is 4.23. The third-order valence-electron chi connectivity index (χ3n) is 1.07. The Morgan fingerprint density at radius 1 is 1.19 bits per heavy atom. The molecular formula is C8H10F3NO4. The number of aliphatic carboxylic acids is 1. The van der Waals surface area contributed by atoms with Crippen LogP contribution in [0.5, 0.6) is 0 Å². The molecule has 5 nitrogen and oxygen atoms in total. The van der Waals surface area contributed by atoms with Crippen LogP contribution in [0.4, 0.5) is 18.0 Å². The maximum Gasteiger partial charge on any atom is 0.440 e. The van der Waals surface area contributed by atoms with Gasteiger partial charge in [-0.2, -0.15) is 18.2 Å². The molecule has 0 aliphatic rings. The van der Waals surface area contributed by atoms with Crippen LogP contribution in [0.2, 0.25) is 0 Å². The van der Waals surface area contributed by atoms with Crippen LogP contribution in [0.25, 0.3) is 0 Å². The Bertz CT molecular complexity index is 327. The lowest BCUT2D eigenvalue weighted by Gasteiger charge is -2.17. The SMILES string of the molecule is CC(C)(C)OC(=O)/N=C(/C(=O)O)C(F)(F)F. The molecule has 0 aliphatic heterocycles. The van der Waals surface area contributed by atoms with Gasteiger partial charge in [0, 0.05) is 0 Å². The molecule has 0 radical (unpaired) electrons. The summed E-state index contributed by atoms with van der Waals surface area (Å²) < 4.78 is 40.6. The fourth-order valence-electron chi connectivity index (χ4n) is 0.608. The van der Waals surface area contributed by atoms with Gasteiger partial charge in [0.05, 0.1) is 0 Å². The number of carbonyl (C=O) groups excluding carboxylic acids is 1. The standard InChI is InChI=1S/C8H10F3NO4/c1-7(2,3)16-6(15)12-4(5(13)14)8(9,10)11/h1-3H3,(H,13,14)/b12-4-. The van der Waals surface area contributed by atoms with Gasteiger partial charge in [-0.1, -0.05) is 0 Å². The lowest BCUT2D eigenvalue weighted by molar-refractivity contribution is -0.133. The zero-order chi connectivity index (χ0) is 13.1. The molecule has 8 heteroatoms. The number of alkyl halides is 3. The van der Waals surface area contributed by atoms with Crippen molar-refractivity contribution in [3.63, 3.8) is 0 Å². The molecule has 0 aromatic heterocycles. The van der Waals surface area contributed by atoms with Gasteiger partial charge in [-0.15, -0.1) is 0 Å². The predicted molar refractivity (Wildman–Crippen MR) is 47.4 cm³/mol. The average molecular weight is 241 g/mol. The summed E-state index contributed by atoms with van der Waals surface area (Å²) in [5, 5.41) is 8.20. The average Bonchev–Trinajstić information content (AvgIpc) is 1.93. The van der Waals surface area contributed by atoms with Crippen molar-refractivity contribution >= 4 is 17.8 Å². The van der Waals surface area contributed by atoms with Crippen LogP contribution < -0.4 is 0 Å². The second kappa shape index (κ2) is 4.50. The largest absolute Gasteiger partial charge is 0.477 e. The Labute approximate surface area is 88.9 Å². The van der Waals surface area contributed by atoms with E-state index in [0.717, 1.165) is 0 Å². The van der Waals surface area contributed by atoms with E-state index < -0.39 is 29.6 Å². The van der Waals surface area contributed by atoms with Crippen molar-refractivity contribution in [1.82, 2.24) is 0 Å². The molecule has 0 atom stereocenters. The highest BCUT2D eigenvalue weighted by Gasteiger charge is 2.42. The van der Waals surface area contributed by atoms with Gasteiger partial charge in [0.2, 0.25) is 5.71 Å². The molecule has 1 N–H and O–H groups in total. The number of hydrogen-bond acceptors (Lipinski definition) is 3. The zero-order valence-corrected chi connectivity index (χ0v) is 8.75. The smallest absolute Gasteiger partial charge is 0.440 e. The van der Waals surface area contributed by atoms with Gasteiger partial charge < -0.3 is 9.84 Å². The molecule has 0 aromatic carbocycles. The molecule has 1 amide bonds. The van der Waals surface area contributed by atoms with Gasteiger partial charge in [0.25, 0.3) is 0 Å². The van der Waals surface area contributed by atoms with Crippen molar-refractivity contribution in [2.24, 2.45) is 4.99 Å². The molecule has 0 fully saturated rings. The first-order valence-corrected chi connectivity index (χ1v) is 4.05. The molecule has 0 aliphatic carbocycles. The second-order valence-electron chi connectivity index (χ2n) is 3.74. The minimum atomic E-state index is -5.21. The number of ether oxygens (including phenoxy) is 1. The number of halogens is 3. The number of aliphatic imine (C=N–C) groups is 1. The molecule has 0 aromatic rings. The van der Waals surface area contributed by atoms with Gasteiger partial charge >= 0.3 is 18.2 Å². The van der Waals surface area contributed by atoms with Crippen molar-refractivity contribution in [2.45, 2.75) is 32.5 Å². The van der Waals surface area contributed by atoms with E-state index in [0.29, 0.717) is 0 Å². The highest BCUT2D eigenvalue weighted by molar-refractivity contribution is 6.39. The van der Waals surface area contributed by atoms with Crippen molar-refractivity contribution in [1.29, 1.82) is 0 Å². The minimum Gasteiger partial charge on any atom is -0.477 e. The van der Waals surface area contributed by atoms with E-state index in [1.54, 1.807) is 0 Å². The highest BCUT2D eigenvalue weighted by Crippen LogP contribution is 2.18. The van der Waals surface area contributed by atoms with E-state index in [9.17, 15) is 22.8 Å². The van der Waals surface area contributed by atoms with Crippen LogP contribution in [-0.2, 0) is 9.53 Å². The summed E-state index contributed by atoms with van der Waals surface area (Å²) in [5.74, 6) is -2.33. The van der Waals surface area contributed by atoms with Gasteiger partial charge in [0.1, 0.15) is 5.60 Å². The quantitative estimate of drug-likeness (QED) is 0.712. The monoisotopic (exact) mass is 241 g/mol. The maximum absolute atomic E-state index is 12.0. The molecule has 0 rings (SSSR count). The fraction of sp³-hybridized carbons (Fsp3) is 0.625. The van der Waals surface area contributed by atoms with Crippen molar-refractivity contribution in [3.05, 3.63) is 0 Å². The van der Waals surface area contributed by atoms with Gasteiger partial charge in [-0.3, -0.25) is 0 Å². The van der Waals surface area contributed by atoms with E-state index in [4.69, 9.17) is 5.11 Å². The number of carboxylic acids is 1. The lowest BCUT2D eigenvalue weighted by Crippen LogP contribution is -2.33. The van der Waals surface area contributed by atoms with Gasteiger partial charge in [-0.25, -0.2) is 9.59 Å². The highest BCUT2D eigenvalue weighted by atomic mass is 19.4. The van der Waals surface area contributed by atoms with Crippen molar-refractivity contribution in [3.8, 4) is 0 Å². The Kier molecular flexibility index (Phi) is 4.05. The number of carboxylic acid groups (broad SMARTS) is 1. The van der Waals surface area contributed by atoms with Crippen molar-refractivity contribution in [2.75, 3.05) is 0 Å².